The van der Waals surface area contributed by atoms with Crippen LogP contribution in [0.25, 0.3) is 0 Å². The number of benzene rings is 1. The molecule has 0 spiro atoms. The SMILES string of the molecule is CCOc1ccccc1N1CC(C(=O)NCCCCn2ccnc2)CC1=O. The van der Waals surface area contributed by atoms with E-state index in [1.54, 1.807) is 17.4 Å². The molecule has 0 bridgehead atoms. The Hall–Kier alpha value is -2.83. The minimum atomic E-state index is -0.319. The van der Waals surface area contributed by atoms with Crippen LogP contribution in [0.3, 0.4) is 0 Å². The average Bonchev–Trinajstić information content (AvgIpc) is 3.32. The summed E-state index contributed by atoms with van der Waals surface area (Å²) in [5, 5.41) is 2.96. The molecule has 1 fully saturated rings. The first-order valence-corrected chi connectivity index (χ1v) is 9.44. The van der Waals surface area contributed by atoms with Crippen molar-refractivity contribution in [3.63, 3.8) is 0 Å². The number of aromatic nitrogens is 2. The highest BCUT2D eigenvalue weighted by Crippen LogP contribution is 2.33. The summed E-state index contributed by atoms with van der Waals surface area (Å²) in [5.74, 6) is 0.263. The molecule has 1 saturated heterocycles. The van der Waals surface area contributed by atoms with Gasteiger partial charge in [0.25, 0.3) is 0 Å². The van der Waals surface area contributed by atoms with E-state index < -0.39 is 0 Å². The Kier molecular flexibility index (Phi) is 6.46. The molecule has 1 aromatic carbocycles. The highest BCUT2D eigenvalue weighted by Gasteiger charge is 2.36. The summed E-state index contributed by atoms with van der Waals surface area (Å²) in [7, 11) is 0. The van der Waals surface area contributed by atoms with Crippen molar-refractivity contribution in [2.24, 2.45) is 5.92 Å². The van der Waals surface area contributed by atoms with Crippen molar-refractivity contribution in [1.29, 1.82) is 0 Å². The van der Waals surface area contributed by atoms with Crippen LogP contribution in [0.2, 0.25) is 0 Å². The van der Waals surface area contributed by atoms with Gasteiger partial charge in [-0.1, -0.05) is 12.1 Å². The number of hydrogen-bond acceptors (Lipinski definition) is 4. The van der Waals surface area contributed by atoms with Crippen LogP contribution in [0, 0.1) is 5.92 Å². The van der Waals surface area contributed by atoms with E-state index in [0.717, 1.165) is 25.1 Å². The normalized spacial score (nSPS) is 16.6. The maximum Gasteiger partial charge on any atom is 0.227 e. The number of carbonyl (C=O) groups is 2. The van der Waals surface area contributed by atoms with Crippen LogP contribution in [-0.4, -0.2) is 41.1 Å². The molecule has 1 aliphatic heterocycles. The topological polar surface area (TPSA) is 76.5 Å². The maximum absolute atomic E-state index is 12.4. The van der Waals surface area contributed by atoms with Crippen LogP contribution >= 0.6 is 0 Å². The van der Waals surface area contributed by atoms with Gasteiger partial charge in [-0.05, 0) is 31.9 Å². The number of aryl methyl sites for hydroxylation is 1. The maximum atomic E-state index is 12.4. The molecule has 1 atom stereocenters. The van der Waals surface area contributed by atoms with Gasteiger partial charge in [0.1, 0.15) is 5.75 Å². The quantitative estimate of drug-likeness (QED) is 0.687. The third-order valence-corrected chi connectivity index (χ3v) is 4.65. The van der Waals surface area contributed by atoms with Crippen LogP contribution in [0.5, 0.6) is 5.75 Å². The highest BCUT2D eigenvalue weighted by molar-refractivity contribution is 6.01. The Labute approximate surface area is 159 Å². The molecule has 0 aliphatic carbocycles. The Morgan fingerprint density at radius 1 is 1.33 bits per heavy atom. The minimum Gasteiger partial charge on any atom is -0.492 e. The van der Waals surface area contributed by atoms with Gasteiger partial charge in [0.05, 0.1) is 24.5 Å². The Bertz CT molecular complexity index is 760. The zero-order chi connectivity index (χ0) is 19.1. The number of anilines is 1. The second-order valence-electron chi connectivity index (χ2n) is 6.60. The number of hydrogen-bond donors (Lipinski definition) is 1. The second kappa shape index (κ2) is 9.21. The van der Waals surface area contributed by atoms with E-state index >= 15 is 0 Å². The summed E-state index contributed by atoms with van der Waals surface area (Å²) in [4.78, 5) is 30.5. The van der Waals surface area contributed by atoms with E-state index in [0.29, 0.717) is 25.4 Å². The van der Waals surface area contributed by atoms with Crippen molar-refractivity contribution >= 4 is 17.5 Å². The molecule has 3 rings (SSSR count). The summed E-state index contributed by atoms with van der Waals surface area (Å²) < 4.78 is 7.63. The van der Waals surface area contributed by atoms with Gasteiger partial charge in [0.15, 0.2) is 0 Å². The second-order valence-corrected chi connectivity index (χ2v) is 6.60. The van der Waals surface area contributed by atoms with Gasteiger partial charge in [-0.15, -0.1) is 0 Å². The predicted octanol–water partition coefficient (Wildman–Crippen LogP) is 2.23. The summed E-state index contributed by atoms with van der Waals surface area (Å²) in [6, 6.07) is 7.46. The van der Waals surface area contributed by atoms with Crippen LogP contribution in [-0.2, 0) is 16.1 Å². The van der Waals surface area contributed by atoms with Crippen molar-refractivity contribution in [2.75, 3.05) is 24.6 Å². The molecule has 1 aromatic heterocycles. The average molecular weight is 370 g/mol. The number of amides is 2. The molecular weight excluding hydrogens is 344 g/mol. The van der Waals surface area contributed by atoms with Crippen molar-refractivity contribution in [2.45, 2.75) is 32.7 Å². The molecule has 1 N–H and O–H groups in total. The van der Waals surface area contributed by atoms with Crippen molar-refractivity contribution < 1.29 is 14.3 Å². The molecule has 2 amide bonds. The number of rotatable bonds is 9. The lowest BCUT2D eigenvalue weighted by Crippen LogP contribution is -2.33. The van der Waals surface area contributed by atoms with Crippen LogP contribution in [0.1, 0.15) is 26.2 Å². The number of imidazole rings is 1. The number of carbonyl (C=O) groups excluding carboxylic acids is 2. The van der Waals surface area contributed by atoms with E-state index in [9.17, 15) is 9.59 Å². The fourth-order valence-corrected chi connectivity index (χ4v) is 3.27. The lowest BCUT2D eigenvalue weighted by Gasteiger charge is -2.20. The van der Waals surface area contributed by atoms with Crippen molar-refractivity contribution in [1.82, 2.24) is 14.9 Å². The summed E-state index contributed by atoms with van der Waals surface area (Å²) >= 11 is 0. The molecule has 1 aliphatic rings. The molecule has 27 heavy (non-hydrogen) atoms. The van der Waals surface area contributed by atoms with Crippen LogP contribution in [0.4, 0.5) is 5.69 Å². The van der Waals surface area contributed by atoms with Gasteiger partial charge in [-0.3, -0.25) is 9.59 Å². The first-order valence-electron chi connectivity index (χ1n) is 9.44. The zero-order valence-corrected chi connectivity index (χ0v) is 15.6. The van der Waals surface area contributed by atoms with Crippen molar-refractivity contribution in [3.05, 3.63) is 43.0 Å². The van der Waals surface area contributed by atoms with Gasteiger partial charge in [0.2, 0.25) is 11.8 Å². The molecule has 2 heterocycles. The zero-order valence-electron chi connectivity index (χ0n) is 15.6. The predicted molar refractivity (Wildman–Crippen MR) is 103 cm³/mol. The molecule has 7 heteroatoms. The fraction of sp³-hybridized carbons (Fsp3) is 0.450. The lowest BCUT2D eigenvalue weighted by molar-refractivity contribution is -0.126. The summed E-state index contributed by atoms with van der Waals surface area (Å²) in [5.41, 5.74) is 0.736. The van der Waals surface area contributed by atoms with E-state index in [1.165, 1.54) is 0 Å². The third-order valence-electron chi connectivity index (χ3n) is 4.65. The van der Waals surface area contributed by atoms with Gasteiger partial charge < -0.3 is 19.5 Å². The molecule has 144 valence electrons. The lowest BCUT2D eigenvalue weighted by atomic mass is 10.1. The standard InChI is InChI=1S/C20H26N4O3/c1-2-27-18-8-4-3-7-17(18)24-14-16(13-19(24)25)20(26)22-9-5-6-11-23-12-10-21-15-23/h3-4,7-8,10,12,15-16H,2,5-6,9,11,13-14H2,1H3,(H,22,26). The smallest absolute Gasteiger partial charge is 0.227 e. The van der Waals surface area contributed by atoms with Crippen molar-refractivity contribution in [3.8, 4) is 5.75 Å². The minimum absolute atomic E-state index is 0.0394. The Morgan fingerprint density at radius 3 is 2.96 bits per heavy atom. The monoisotopic (exact) mass is 370 g/mol. The van der Waals surface area contributed by atoms with E-state index in [4.69, 9.17) is 4.74 Å². The first kappa shape index (κ1) is 18.9. The van der Waals surface area contributed by atoms with Crippen LogP contribution < -0.4 is 15.0 Å². The fourth-order valence-electron chi connectivity index (χ4n) is 3.27. The van der Waals surface area contributed by atoms with Gasteiger partial charge >= 0.3 is 0 Å². The van der Waals surface area contributed by atoms with E-state index in [-0.39, 0.29) is 24.2 Å². The number of unbranched alkanes of at least 4 members (excludes halogenated alkanes) is 1. The molecule has 0 radical (unpaired) electrons. The number of para-hydroxylation sites is 2. The van der Waals surface area contributed by atoms with Gasteiger partial charge in [0, 0.05) is 38.4 Å². The largest absolute Gasteiger partial charge is 0.492 e. The molecule has 7 nitrogen and oxygen atoms in total. The Morgan fingerprint density at radius 2 is 2.19 bits per heavy atom. The molecule has 0 saturated carbocycles. The van der Waals surface area contributed by atoms with E-state index in [1.807, 2.05) is 42.0 Å². The number of nitrogens with one attached hydrogen (secondary N) is 1. The number of nitrogens with zero attached hydrogens (tertiary/aromatic N) is 3. The third kappa shape index (κ3) is 4.87. The van der Waals surface area contributed by atoms with Crippen LogP contribution in [0.15, 0.2) is 43.0 Å². The highest BCUT2D eigenvalue weighted by atomic mass is 16.5. The molecule has 2 aromatic rings. The summed E-state index contributed by atoms with van der Waals surface area (Å²) in [6.45, 7) is 4.34. The van der Waals surface area contributed by atoms with Gasteiger partial charge in [-0.25, -0.2) is 4.98 Å². The van der Waals surface area contributed by atoms with Gasteiger partial charge in [-0.2, -0.15) is 0 Å². The molecule has 1 unspecified atom stereocenters. The number of ether oxygens (including phenoxy) is 1. The summed E-state index contributed by atoms with van der Waals surface area (Å²) in [6.07, 6.45) is 7.57. The molecular formula is C20H26N4O3. The van der Waals surface area contributed by atoms with E-state index in [2.05, 4.69) is 10.3 Å². The first-order chi connectivity index (χ1) is 13.2. The Balaban J connectivity index is 1.47.